The molecule has 0 aromatic carbocycles. The minimum Gasteiger partial charge on any atom is -0.480 e. The lowest BCUT2D eigenvalue weighted by Crippen LogP contribution is -2.42. The number of aliphatic carboxylic acids is 1. The normalized spacial score (nSPS) is 19.1. The molecule has 0 bridgehead atoms. The van der Waals surface area contributed by atoms with Crippen LogP contribution in [0.15, 0.2) is 0 Å². The van der Waals surface area contributed by atoms with Crippen LogP contribution in [0.25, 0.3) is 0 Å². The summed E-state index contributed by atoms with van der Waals surface area (Å²) in [6.45, 7) is 6.83. The van der Waals surface area contributed by atoms with E-state index in [2.05, 4.69) is 0 Å². The summed E-state index contributed by atoms with van der Waals surface area (Å²) in [5.74, 6) is -1.47. The second kappa shape index (κ2) is 6.54. The number of carbonyl (C=O) groups is 3. The van der Waals surface area contributed by atoms with Crippen molar-refractivity contribution in [3.05, 3.63) is 0 Å². The van der Waals surface area contributed by atoms with Gasteiger partial charge in [0.25, 0.3) is 0 Å². The van der Waals surface area contributed by atoms with Crippen LogP contribution in [0.4, 0.5) is 0 Å². The van der Waals surface area contributed by atoms with Gasteiger partial charge in [0.2, 0.25) is 11.8 Å². The molecular formula is C13H22N2O4. The van der Waals surface area contributed by atoms with Gasteiger partial charge in [0.15, 0.2) is 0 Å². The van der Waals surface area contributed by atoms with Crippen molar-refractivity contribution < 1.29 is 19.5 Å². The molecule has 6 heteroatoms. The minimum atomic E-state index is -1.02. The number of carboxylic acids is 1. The van der Waals surface area contributed by atoms with E-state index in [0.29, 0.717) is 19.6 Å². The zero-order valence-corrected chi connectivity index (χ0v) is 11.8. The van der Waals surface area contributed by atoms with Crippen molar-refractivity contribution in [3.8, 4) is 0 Å². The minimum absolute atomic E-state index is 0.0272. The third kappa shape index (κ3) is 4.22. The Hall–Kier alpha value is -1.59. The molecule has 1 aliphatic heterocycles. The number of carboxylic acid groups (broad SMARTS) is 1. The van der Waals surface area contributed by atoms with E-state index in [1.165, 1.54) is 4.90 Å². The van der Waals surface area contributed by atoms with Crippen molar-refractivity contribution in [2.75, 3.05) is 26.2 Å². The molecule has 0 radical (unpaired) electrons. The number of nitrogens with zero attached hydrogens (tertiary/aromatic N) is 2. The van der Waals surface area contributed by atoms with Gasteiger partial charge in [0, 0.05) is 26.1 Å². The van der Waals surface area contributed by atoms with Gasteiger partial charge in [0.1, 0.15) is 6.54 Å². The lowest BCUT2D eigenvalue weighted by atomic mass is 10.1. The number of carbonyl (C=O) groups excluding carboxylic acids is 2. The van der Waals surface area contributed by atoms with Crippen molar-refractivity contribution in [3.63, 3.8) is 0 Å². The zero-order valence-electron chi connectivity index (χ0n) is 11.8. The molecule has 1 saturated heterocycles. The topological polar surface area (TPSA) is 77.9 Å². The highest BCUT2D eigenvalue weighted by Crippen LogP contribution is 2.20. The van der Waals surface area contributed by atoms with Gasteiger partial charge in [-0.2, -0.15) is 0 Å². The zero-order chi connectivity index (χ0) is 14.6. The molecule has 2 amide bonds. The van der Waals surface area contributed by atoms with E-state index in [9.17, 15) is 14.4 Å². The summed E-state index contributed by atoms with van der Waals surface area (Å²) in [5, 5.41) is 8.87. The van der Waals surface area contributed by atoms with Crippen molar-refractivity contribution in [2.24, 2.45) is 11.8 Å². The van der Waals surface area contributed by atoms with Gasteiger partial charge >= 0.3 is 5.97 Å². The molecule has 1 unspecified atom stereocenters. The Kier molecular flexibility index (Phi) is 5.32. The van der Waals surface area contributed by atoms with Crippen LogP contribution in [0.2, 0.25) is 0 Å². The Bertz CT molecular complexity index is 368. The van der Waals surface area contributed by atoms with E-state index in [0.717, 1.165) is 0 Å². The first-order valence-electron chi connectivity index (χ1n) is 6.63. The first-order valence-corrected chi connectivity index (χ1v) is 6.63. The van der Waals surface area contributed by atoms with Crippen LogP contribution in [0.1, 0.15) is 27.2 Å². The first-order chi connectivity index (χ1) is 8.85. The average Bonchev–Trinajstić information content (AvgIpc) is 2.67. The third-order valence-electron chi connectivity index (χ3n) is 3.17. The molecule has 0 aliphatic carbocycles. The molecule has 1 atom stereocenters. The highest BCUT2D eigenvalue weighted by Gasteiger charge is 2.36. The highest BCUT2D eigenvalue weighted by atomic mass is 16.4. The van der Waals surface area contributed by atoms with E-state index in [1.54, 1.807) is 4.90 Å². The fourth-order valence-electron chi connectivity index (χ4n) is 2.34. The second-order valence-electron chi connectivity index (χ2n) is 5.34. The Balaban J connectivity index is 2.71. The van der Waals surface area contributed by atoms with Crippen LogP contribution in [0, 0.1) is 11.8 Å². The lowest BCUT2D eigenvalue weighted by molar-refractivity contribution is -0.146. The molecule has 1 rings (SSSR count). The summed E-state index contributed by atoms with van der Waals surface area (Å²) in [6, 6.07) is 0. The van der Waals surface area contributed by atoms with Crippen LogP contribution in [0.3, 0.4) is 0 Å². The van der Waals surface area contributed by atoms with E-state index >= 15 is 0 Å². The fourth-order valence-corrected chi connectivity index (χ4v) is 2.34. The molecule has 0 saturated carbocycles. The molecular weight excluding hydrogens is 248 g/mol. The molecule has 19 heavy (non-hydrogen) atoms. The molecule has 0 spiro atoms. The lowest BCUT2D eigenvalue weighted by Gasteiger charge is -2.25. The van der Waals surface area contributed by atoms with E-state index in [4.69, 9.17) is 5.11 Å². The maximum absolute atomic E-state index is 12.3. The number of amides is 2. The van der Waals surface area contributed by atoms with Gasteiger partial charge in [-0.25, -0.2) is 0 Å². The van der Waals surface area contributed by atoms with E-state index < -0.39 is 11.9 Å². The van der Waals surface area contributed by atoms with Gasteiger partial charge in [-0.1, -0.05) is 13.8 Å². The highest BCUT2D eigenvalue weighted by molar-refractivity contribution is 5.90. The molecule has 108 valence electrons. The van der Waals surface area contributed by atoms with Crippen LogP contribution in [0.5, 0.6) is 0 Å². The van der Waals surface area contributed by atoms with Crippen molar-refractivity contribution in [1.29, 1.82) is 0 Å². The molecule has 6 nitrogen and oxygen atoms in total. The maximum Gasteiger partial charge on any atom is 0.323 e. The van der Waals surface area contributed by atoms with E-state index in [-0.39, 0.29) is 30.7 Å². The predicted octanol–water partition coefficient (Wildman–Crippen LogP) is 0.424. The molecule has 1 N–H and O–H groups in total. The summed E-state index contributed by atoms with van der Waals surface area (Å²) >= 11 is 0. The summed E-state index contributed by atoms with van der Waals surface area (Å²) in [6.07, 6.45) is 0.195. The fraction of sp³-hybridized carbons (Fsp3) is 0.769. The Morgan fingerprint density at radius 2 is 2.11 bits per heavy atom. The van der Waals surface area contributed by atoms with Gasteiger partial charge < -0.3 is 14.9 Å². The molecule has 1 aliphatic rings. The van der Waals surface area contributed by atoms with Crippen LogP contribution in [-0.2, 0) is 14.4 Å². The molecule has 1 fully saturated rings. The molecule has 1 heterocycles. The summed E-state index contributed by atoms with van der Waals surface area (Å²) < 4.78 is 0. The van der Waals surface area contributed by atoms with Crippen LogP contribution in [-0.4, -0.2) is 58.9 Å². The van der Waals surface area contributed by atoms with Crippen molar-refractivity contribution >= 4 is 17.8 Å². The molecule has 0 aromatic heterocycles. The smallest absolute Gasteiger partial charge is 0.323 e. The van der Waals surface area contributed by atoms with E-state index in [1.807, 2.05) is 20.8 Å². The number of rotatable bonds is 6. The monoisotopic (exact) mass is 270 g/mol. The average molecular weight is 270 g/mol. The summed E-state index contributed by atoms with van der Waals surface area (Å²) in [7, 11) is 0. The predicted molar refractivity (Wildman–Crippen MR) is 69.4 cm³/mol. The van der Waals surface area contributed by atoms with Gasteiger partial charge in [0.05, 0.1) is 5.92 Å². The van der Waals surface area contributed by atoms with Crippen molar-refractivity contribution in [1.82, 2.24) is 9.80 Å². The number of likely N-dealkylation sites (tertiary alicyclic amines) is 1. The summed E-state index contributed by atoms with van der Waals surface area (Å²) in [4.78, 5) is 37.7. The van der Waals surface area contributed by atoms with Gasteiger partial charge in [-0.05, 0) is 12.8 Å². The van der Waals surface area contributed by atoms with Crippen LogP contribution < -0.4 is 0 Å². The SMILES string of the molecule is CCN1CC(C(=O)N(CC(=O)O)CC(C)C)CC1=O. The maximum atomic E-state index is 12.3. The summed E-state index contributed by atoms with van der Waals surface area (Å²) in [5.41, 5.74) is 0. The molecule has 0 aromatic rings. The van der Waals surface area contributed by atoms with Crippen molar-refractivity contribution in [2.45, 2.75) is 27.2 Å². The third-order valence-corrected chi connectivity index (χ3v) is 3.17. The quantitative estimate of drug-likeness (QED) is 0.759. The Morgan fingerprint density at radius 3 is 2.53 bits per heavy atom. The van der Waals surface area contributed by atoms with Gasteiger partial charge in [-0.3, -0.25) is 14.4 Å². The Labute approximate surface area is 113 Å². The standard InChI is InChI=1S/C13H22N2O4/c1-4-14-7-10(5-11(14)16)13(19)15(6-9(2)3)8-12(17)18/h9-10H,4-8H2,1-3H3,(H,17,18). The number of hydrogen-bond donors (Lipinski definition) is 1. The number of hydrogen-bond acceptors (Lipinski definition) is 3. The first kappa shape index (κ1) is 15.5. The Morgan fingerprint density at radius 1 is 1.47 bits per heavy atom. The second-order valence-corrected chi connectivity index (χ2v) is 5.34. The largest absolute Gasteiger partial charge is 0.480 e. The van der Waals surface area contributed by atoms with Gasteiger partial charge in [-0.15, -0.1) is 0 Å². The van der Waals surface area contributed by atoms with Crippen LogP contribution >= 0.6 is 0 Å².